The van der Waals surface area contributed by atoms with Crippen LogP contribution in [0.4, 0.5) is 0 Å². The summed E-state index contributed by atoms with van der Waals surface area (Å²) < 4.78 is 4.91. The Bertz CT molecular complexity index is 175. The normalized spacial score (nSPS) is 20.6. The Labute approximate surface area is 71.9 Å². The second-order valence-electron chi connectivity index (χ2n) is 3.61. The zero-order valence-corrected chi connectivity index (χ0v) is 7.46. The molecule has 1 rings (SSSR count). The van der Waals surface area contributed by atoms with Gasteiger partial charge in [-0.2, -0.15) is 0 Å². The summed E-state index contributed by atoms with van der Waals surface area (Å²) in [5.74, 6) is -0.762. The van der Waals surface area contributed by atoms with Gasteiger partial charge in [0.1, 0.15) is 5.41 Å². The Balaban J connectivity index is 2.40. The zero-order valence-electron chi connectivity index (χ0n) is 7.46. The Kier molecular flexibility index (Phi) is 2.69. The van der Waals surface area contributed by atoms with E-state index in [4.69, 9.17) is 9.84 Å². The van der Waals surface area contributed by atoms with Crippen molar-refractivity contribution in [3.8, 4) is 0 Å². The summed E-state index contributed by atoms with van der Waals surface area (Å²) in [6, 6.07) is 0.321. The summed E-state index contributed by atoms with van der Waals surface area (Å²) in [5, 5.41) is 12.0. The van der Waals surface area contributed by atoms with E-state index in [1.165, 1.54) is 0 Å². The zero-order chi connectivity index (χ0) is 9.19. The smallest absolute Gasteiger partial charge is 0.315 e. The molecule has 0 amide bonds. The summed E-state index contributed by atoms with van der Waals surface area (Å²) >= 11 is 0. The molecule has 4 heteroatoms. The van der Waals surface area contributed by atoms with Gasteiger partial charge < -0.3 is 15.2 Å². The SMILES string of the molecule is CC(C)NCC1(C(=O)O)COC1. The predicted molar refractivity (Wildman–Crippen MR) is 44.0 cm³/mol. The molecule has 0 bridgehead atoms. The van der Waals surface area contributed by atoms with E-state index in [1.807, 2.05) is 13.8 Å². The fourth-order valence-corrected chi connectivity index (χ4v) is 1.05. The number of rotatable bonds is 4. The molecule has 1 fully saturated rings. The highest BCUT2D eigenvalue weighted by atomic mass is 16.5. The third-order valence-electron chi connectivity index (χ3n) is 2.06. The molecule has 0 saturated carbocycles. The fourth-order valence-electron chi connectivity index (χ4n) is 1.05. The average Bonchev–Trinajstić information content (AvgIpc) is 1.83. The van der Waals surface area contributed by atoms with Gasteiger partial charge in [0.05, 0.1) is 13.2 Å². The molecule has 12 heavy (non-hydrogen) atoms. The monoisotopic (exact) mass is 173 g/mol. The fraction of sp³-hybridized carbons (Fsp3) is 0.875. The average molecular weight is 173 g/mol. The number of ether oxygens (including phenoxy) is 1. The lowest BCUT2D eigenvalue weighted by molar-refractivity contribution is -0.178. The van der Waals surface area contributed by atoms with E-state index in [-0.39, 0.29) is 0 Å². The highest BCUT2D eigenvalue weighted by Gasteiger charge is 2.45. The molecule has 0 aromatic carbocycles. The molecular formula is C8H15NO3. The van der Waals surface area contributed by atoms with Gasteiger partial charge in [-0.15, -0.1) is 0 Å². The van der Waals surface area contributed by atoms with Crippen LogP contribution in [0.2, 0.25) is 0 Å². The molecule has 0 unspecified atom stereocenters. The maximum Gasteiger partial charge on any atom is 0.315 e. The van der Waals surface area contributed by atoms with Gasteiger partial charge in [0.25, 0.3) is 0 Å². The lowest BCUT2D eigenvalue weighted by atomic mass is 9.86. The van der Waals surface area contributed by atoms with Crippen LogP contribution in [0, 0.1) is 5.41 Å². The highest BCUT2D eigenvalue weighted by molar-refractivity contribution is 5.76. The number of hydrogen-bond donors (Lipinski definition) is 2. The van der Waals surface area contributed by atoms with E-state index in [2.05, 4.69) is 5.32 Å². The quantitative estimate of drug-likeness (QED) is 0.632. The minimum atomic E-state index is -0.762. The third-order valence-corrected chi connectivity index (χ3v) is 2.06. The number of nitrogens with one attached hydrogen (secondary N) is 1. The van der Waals surface area contributed by atoms with E-state index >= 15 is 0 Å². The Morgan fingerprint density at radius 2 is 2.25 bits per heavy atom. The van der Waals surface area contributed by atoms with Crippen molar-refractivity contribution in [3.05, 3.63) is 0 Å². The van der Waals surface area contributed by atoms with Crippen LogP contribution >= 0.6 is 0 Å². The first kappa shape index (κ1) is 9.48. The molecule has 0 spiro atoms. The van der Waals surface area contributed by atoms with Crippen molar-refractivity contribution in [2.45, 2.75) is 19.9 Å². The van der Waals surface area contributed by atoms with Crippen molar-refractivity contribution < 1.29 is 14.6 Å². The summed E-state index contributed by atoms with van der Waals surface area (Å²) in [4.78, 5) is 10.8. The van der Waals surface area contributed by atoms with E-state index in [1.54, 1.807) is 0 Å². The first-order valence-corrected chi connectivity index (χ1v) is 4.11. The molecule has 2 N–H and O–H groups in total. The summed E-state index contributed by atoms with van der Waals surface area (Å²) in [6.07, 6.45) is 0. The molecule has 1 aliphatic rings. The van der Waals surface area contributed by atoms with E-state index < -0.39 is 11.4 Å². The number of carbonyl (C=O) groups is 1. The van der Waals surface area contributed by atoms with E-state index in [9.17, 15) is 4.79 Å². The van der Waals surface area contributed by atoms with Crippen LogP contribution in [-0.2, 0) is 9.53 Å². The highest BCUT2D eigenvalue weighted by Crippen LogP contribution is 2.26. The molecule has 0 radical (unpaired) electrons. The molecule has 1 aliphatic heterocycles. The maximum absolute atomic E-state index is 10.8. The summed E-state index contributed by atoms with van der Waals surface area (Å²) in [5.41, 5.74) is -0.662. The van der Waals surface area contributed by atoms with E-state index in [0.717, 1.165) is 0 Å². The van der Waals surface area contributed by atoms with Gasteiger partial charge in [0.15, 0.2) is 0 Å². The van der Waals surface area contributed by atoms with Crippen LogP contribution in [-0.4, -0.2) is 36.9 Å². The van der Waals surface area contributed by atoms with Crippen molar-refractivity contribution in [3.63, 3.8) is 0 Å². The molecule has 1 saturated heterocycles. The Morgan fingerprint density at radius 1 is 1.67 bits per heavy atom. The van der Waals surface area contributed by atoms with Gasteiger partial charge in [0, 0.05) is 12.6 Å². The first-order chi connectivity index (χ1) is 5.57. The van der Waals surface area contributed by atoms with Gasteiger partial charge >= 0.3 is 5.97 Å². The van der Waals surface area contributed by atoms with Crippen LogP contribution < -0.4 is 5.32 Å². The topological polar surface area (TPSA) is 58.6 Å². The van der Waals surface area contributed by atoms with Crippen molar-refractivity contribution >= 4 is 5.97 Å². The van der Waals surface area contributed by atoms with Crippen molar-refractivity contribution in [1.82, 2.24) is 5.32 Å². The van der Waals surface area contributed by atoms with Crippen LogP contribution in [0.25, 0.3) is 0 Å². The van der Waals surface area contributed by atoms with Gasteiger partial charge in [-0.25, -0.2) is 0 Å². The largest absolute Gasteiger partial charge is 0.481 e. The van der Waals surface area contributed by atoms with Crippen molar-refractivity contribution in [2.24, 2.45) is 5.41 Å². The Morgan fingerprint density at radius 3 is 2.50 bits per heavy atom. The van der Waals surface area contributed by atoms with Gasteiger partial charge in [-0.3, -0.25) is 4.79 Å². The predicted octanol–water partition coefficient (Wildman–Crippen LogP) is 0.0856. The molecule has 4 nitrogen and oxygen atoms in total. The van der Waals surface area contributed by atoms with Gasteiger partial charge in [0.2, 0.25) is 0 Å². The third kappa shape index (κ3) is 1.76. The van der Waals surface area contributed by atoms with Crippen LogP contribution in [0.15, 0.2) is 0 Å². The number of aliphatic carboxylic acids is 1. The lowest BCUT2D eigenvalue weighted by Gasteiger charge is -2.37. The lowest BCUT2D eigenvalue weighted by Crippen LogP contribution is -2.55. The number of carboxylic acid groups (broad SMARTS) is 1. The van der Waals surface area contributed by atoms with Crippen LogP contribution in [0.1, 0.15) is 13.8 Å². The molecular weight excluding hydrogens is 158 g/mol. The van der Waals surface area contributed by atoms with Gasteiger partial charge in [-0.1, -0.05) is 13.8 Å². The van der Waals surface area contributed by atoms with Gasteiger partial charge in [-0.05, 0) is 0 Å². The molecule has 0 aromatic heterocycles. The Hall–Kier alpha value is -0.610. The molecule has 70 valence electrons. The molecule has 0 aromatic rings. The molecule has 0 aliphatic carbocycles. The van der Waals surface area contributed by atoms with Crippen molar-refractivity contribution in [1.29, 1.82) is 0 Å². The standard InChI is InChI=1S/C8H15NO3/c1-6(2)9-3-8(7(10)11)4-12-5-8/h6,9H,3-5H2,1-2H3,(H,10,11). The summed E-state index contributed by atoms with van der Waals surface area (Å²) in [6.45, 7) is 5.16. The minimum Gasteiger partial charge on any atom is -0.481 e. The van der Waals surface area contributed by atoms with Crippen LogP contribution in [0.3, 0.4) is 0 Å². The second kappa shape index (κ2) is 3.41. The number of carboxylic acids is 1. The number of hydrogen-bond acceptors (Lipinski definition) is 3. The maximum atomic E-state index is 10.8. The minimum absolute atomic E-state index is 0.321. The molecule has 1 heterocycles. The first-order valence-electron chi connectivity index (χ1n) is 4.11. The van der Waals surface area contributed by atoms with Crippen LogP contribution in [0.5, 0.6) is 0 Å². The van der Waals surface area contributed by atoms with Crippen molar-refractivity contribution in [2.75, 3.05) is 19.8 Å². The second-order valence-corrected chi connectivity index (χ2v) is 3.61. The summed E-state index contributed by atoms with van der Waals surface area (Å²) in [7, 11) is 0. The molecule has 0 atom stereocenters. The van der Waals surface area contributed by atoms with E-state index in [0.29, 0.717) is 25.8 Å².